The molecular formula is C27H23F3N4O2. The maximum Gasteiger partial charge on any atom is 0.416 e. The molecule has 9 heteroatoms. The Morgan fingerprint density at radius 3 is 2.64 bits per heavy atom. The van der Waals surface area contributed by atoms with Crippen molar-refractivity contribution in [3.8, 4) is 23.1 Å². The SMILES string of the molecule is CCOc1ncccc1-c1ccc2c(c1)NC(=O)C21CCN(c2ccc(C(F)(F)F)cc2C#N)CC1. The van der Waals surface area contributed by atoms with E-state index in [9.17, 15) is 23.2 Å². The van der Waals surface area contributed by atoms with E-state index in [-0.39, 0.29) is 11.5 Å². The van der Waals surface area contributed by atoms with Crippen LogP contribution in [0.4, 0.5) is 24.5 Å². The summed E-state index contributed by atoms with van der Waals surface area (Å²) in [4.78, 5) is 19.4. The third kappa shape index (κ3) is 3.92. The van der Waals surface area contributed by atoms with Gasteiger partial charge >= 0.3 is 6.18 Å². The van der Waals surface area contributed by atoms with Gasteiger partial charge in [0.05, 0.1) is 28.8 Å². The quantitative estimate of drug-likeness (QED) is 0.518. The monoisotopic (exact) mass is 492 g/mol. The Morgan fingerprint density at radius 1 is 1.17 bits per heavy atom. The van der Waals surface area contributed by atoms with Gasteiger partial charge in [0.1, 0.15) is 6.07 Å². The number of alkyl halides is 3. The van der Waals surface area contributed by atoms with Gasteiger partial charge in [0.25, 0.3) is 0 Å². The topological polar surface area (TPSA) is 78.2 Å². The maximum absolute atomic E-state index is 13.2. The summed E-state index contributed by atoms with van der Waals surface area (Å²) >= 11 is 0. The Morgan fingerprint density at radius 2 is 1.94 bits per heavy atom. The number of fused-ring (bicyclic) bond motifs is 2. The lowest BCUT2D eigenvalue weighted by Gasteiger charge is -2.39. The van der Waals surface area contributed by atoms with Gasteiger partial charge in [0.2, 0.25) is 11.8 Å². The second-order valence-electron chi connectivity index (χ2n) is 8.91. The van der Waals surface area contributed by atoms with Crippen LogP contribution in [0.15, 0.2) is 54.7 Å². The van der Waals surface area contributed by atoms with E-state index < -0.39 is 17.2 Å². The first-order valence-electron chi connectivity index (χ1n) is 11.7. The molecule has 0 radical (unpaired) electrons. The van der Waals surface area contributed by atoms with Crippen molar-refractivity contribution < 1.29 is 22.7 Å². The van der Waals surface area contributed by atoms with E-state index in [1.165, 1.54) is 6.07 Å². The molecule has 6 nitrogen and oxygen atoms in total. The van der Waals surface area contributed by atoms with Gasteiger partial charge in [0.15, 0.2) is 0 Å². The van der Waals surface area contributed by atoms with Crippen molar-refractivity contribution in [3.05, 3.63) is 71.4 Å². The number of halogens is 3. The molecule has 1 saturated heterocycles. The summed E-state index contributed by atoms with van der Waals surface area (Å²) in [5, 5.41) is 12.5. The molecule has 0 saturated carbocycles. The predicted molar refractivity (Wildman–Crippen MR) is 129 cm³/mol. The molecular weight excluding hydrogens is 469 g/mol. The van der Waals surface area contributed by atoms with Crippen molar-refractivity contribution in [3.63, 3.8) is 0 Å². The molecule has 1 amide bonds. The predicted octanol–water partition coefficient (Wildman–Crippen LogP) is 5.53. The molecule has 2 aliphatic rings. The minimum Gasteiger partial charge on any atom is -0.478 e. The highest BCUT2D eigenvalue weighted by molar-refractivity contribution is 6.07. The van der Waals surface area contributed by atoms with E-state index in [0.717, 1.165) is 34.5 Å². The highest BCUT2D eigenvalue weighted by Gasteiger charge is 2.48. The van der Waals surface area contributed by atoms with Crippen molar-refractivity contribution in [2.45, 2.75) is 31.4 Å². The van der Waals surface area contributed by atoms with Gasteiger partial charge < -0.3 is 15.0 Å². The summed E-state index contributed by atoms with van der Waals surface area (Å²) in [6, 6.07) is 14.7. The Kier molecular flexibility index (Phi) is 5.83. The van der Waals surface area contributed by atoms with Crippen molar-refractivity contribution in [2.75, 3.05) is 29.9 Å². The smallest absolute Gasteiger partial charge is 0.416 e. The molecule has 3 aromatic rings. The number of rotatable bonds is 4. The number of carbonyl (C=O) groups is 1. The lowest BCUT2D eigenvalue weighted by molar-refractivity contribution is -0.137. The van der Waals surface area contributed by atoms with Crippen molar-refractivity contribution in [1.82, 2.24) is 4.98 Å². The number of ether oxygens (including phenoxy) is 1. The summed E-state index contributed by atoms with van der Waals surface area (Å²) < 4.78 is 44.9. The molecule has 184 valence electrons. The van der Waals surface area contributed by atoms with E-state index >= 15 is 0 Å². The van der Waals surface area contributed by atoms with Crippen LogP contribution in [0.1, 0.15) is 36.5 Å². The Bertz CT molecular complexity index is 1370. The number of carbonyl (C=O) groups excluding carboxylic acids is 1. The highest BCUT2D eigenvalue weighted by atomic mass is 19.4. The minimum absolute atomic E-state index is 0.0248. The van der Waals surface area contributed by atoms with Crippen LogP contribution in [0.2, 0.25) is 0 Å². The van der Waals surface area contributed by atoms with Crippen LogP contribution in [-0.2, 0) is 16.4 Å². The fraction of sp³-hybridized carbons (Fsp3) is 0.296. The fourth-order valence-electron chi connectivity index (χ4n) is 5.16. The molecule has 3 heterocycles. The summed E-state index contributed by atoms with van der Waals surface area (Å²) in [7, 11) is 0. The molecule has 1 N–H and O–H groups in total. The highest BCUT2D eigenvalue weighted by Crippen LogP contribution is 2.47. The van der Waals surface area contributed by atoms with Crippen LogP contribution in [0, 0.1) is 11.3 Å². The number of nitriles is 1. The zero-order valence-corrected chi connectivity index (χ0v) is 19.5. The molecule has 1 fully saturated rings. The minimum atomic E-state index is -4.51. The molecule has 2 aliphatic heterocycles. The number of amides is 1. The molecule has 2 aromatic carbocycles. The lowest BCUT2D eigenvalue weighted by atomic mass is 9.73. The van der Waals surface area contributed by atoms with Gasteiger partial charge in [-0.2, -0.15) is 18.4 Å². The molecule has 5 rings (SSSR count). The Balaban J connectivity index is 1.41. The summed E-state index contributed by atoms with van der Waals surface area (Å²) in [6.45, 7) is 3.25. The van der Waals surface area contributed by atoms with Crippen LogP contribution in [0.25, 0.3) is 11.1 Å². The number of pyridine rings is 1. The molecule has 0 atom stereocenters. The largest absolute Gasteiger partial charge is 0.478 e. The van der Waals surface area contributed by atoms with Crippen molar-refractivity contribution in [2.24, 2.45) is 0 Å². The first kappa shape index (κ1) is 23.7. The first-order valence-corrected chi connectivity index (χ1v) is 11.7. The molecule has 1 spiro atoms. The Hall–Kier alpha value is -4.06. The van der Waals surface area contributed by atoms with Crippen LogP contribution in [0.3, 0.4) is 0 Å². The normalized spacial score (nSPS) is 16.4. The van der Waals surface area contributed by atoms with Crippen LogP contribution in [-0.4, -0.2) is 30.6 Å². The van der Waals surface area contributed by atoms with Crippen LogP contribution in [0.5, 0.6) is 5.88 Å². The number of benzene rings is 2. The number of piperidine rings is 1. The fourth-order valence-corrected chi connectivity index (χ4v) is 5.16. The second-order valence-corrected chi connectivity index (χ2v) is 8.91. The average Bonchev–Trinajstić information content (AvgIpc) is 3.14. The number of nitrogens with zero attached hydrogens (tertiary/aromatic N) is 3. The maximum atomic E-state index is 13.2. The van der Waals surface area contributed by atoms with Crippen molar-refractivity contribution in [1.29, 1.82) is 5.26 Å². The summed E-state index contributed by atoms with van der Waals surface area (Å²) in [5.74, 6) is 0.440. The zero-order chi connectivity index (χ0) is 25.5. The standard InChI is InChI=1S/C27H23F3N4O2/c1-2-36-24-20(4-3-11-32-24)17-5-7-21-22(15-17)33-25(35)26(21)9-12-34(13-10-26)23-8-6-19(27(28,29)30)14-18(23)16-31/h3-8,11,14-15H,2,9-10,12-13H2,1H3,(H,33,35). The number of nitrogens with one attached hydrogen (secondary N) is 1. The van der Waals surface area contributed by atoms with E-state index in [1.54, 1.807) is 6.20 Å². The number of aromatic nitrogens is 1. The van der Waals surface area contributed by atoms with Gasteiger partial charge in [-0.15, -0.1) is 0 Å². The van der Waals surface area contributed by atoms with E-state index in [4.69, 9.17) is 4.74 Å². The Labute approximate surface area is 206 Å². The van der Waals surface area contributed by atoms with Crippen molar-refractivity contribution >= 4 is 17.3 Å². The molecule has 0 unspecified atom stereocenters. The van der Waals surface area contributed by atoms with Gasteiger partial charge in [-0.1, -0.05) is 12.1 Å². The third-order valence-electron chi connectivity index (χ3n) is 6.98. The van der Waals surface area contributed by atoms with Gasteiger partial charge in [-0.3, -0.25) is 4.79 Å². The first-order chi connectivity index (χ1) is 17.3. The molecule has 0 aliphatic carbocycles. The third-order valence-corrected chi connectivity index (χ3v) is 6.98. The van der Waals surface area contributed by atoms with E-state index in [2.05, 4.69) is 10.3 Å². The molecule has 0 bridgehead atoms. The van der Waals surface area contributed by atoms with Gasteiger partial charge in [-0.25, -0.2) is 4.98 Å². The van der Waals surface area contributed by atoms with E-state index in [1.807, 2.05) is 48.2 Å². The lowest BCUT2D eigenvalue weighted by Crippen LogP contribution is -2.46. The number of hydrogen-bond donors (Lipinski definition) is 1. The molecule has 36 heavy (non-hydrogen) atoms. The van der Waals surface area contributed by atoms with Crippen LogP contribution >= 0.6 is 0 Å². The van der Waals surface area contributed by atoms with E-state index in [0.29, 0.717) is 44.1 Å². The summed E-state index contributed by atoms with van der Waals surface area (Å²) in [5.41, 5.74) is 2.22. The zero-order valence-electron chi connectivity index (χ0n) is 19.5. The molecule has 1 aromatic heterocycles. The van der Waals surface area contributed by atoms with Gasteiger partial charge in [-0.05, 0) is 67.3 Å². The second kappa shape index (κ2) is 8.86. The van der Waals surface area contributed by atoms with Gasteiger partial charge in [0, 0.05) is 30.5 Å². The number of anilines is 2. The number of hydrogen-bond acceptors (Lipinski definition) is 5. The van der Waals surface area contributed by atoms with Crippen LogP contribution < -0.4 is 15.0 Å². The average molecular weight is 493 g/mol. The summed E-state index contributed by atoms with van der Waals surface area (Å²) in [6.07, 6.45) is -1.89.